The zero-order chi connectivity index (χ0) is 9.84. The van der Waals surface area contributed by atoms with Crippen LogP contribution in [0.2, 0.25) is 0 Å². The number of hydrogen-bond acceptors (Lipinski definition) is 2. The second-order valence-electron chi connectivity index (χ2n) is 2.66. The lowest BCUT2D eigenvalue weighted by molar-refractivity contribution is -0.117. The van der Waals surface area contributed by atoms with Crippen molar-refractivity contribution >= 4 is 21.7 Å². The quantitative estimate of drug-likeness (QED) is 0.881. The predicted molar refractivity (Wildman–Crippen MR) is 51.9 cm³/mol. The fraction of sp³-hybridized carbons (Fsp3) is 0.222. The van der Waals surface area contributed by atoms with Gasteiger partial charge in [0, 0.05) is 10.9 Å². The minimum atomic E-state index is -0.370. The van der Waals surface area contributed by atoms with Crippen molar-refractivity contribution < 1.29 is 9.18 Å². The van der Waals surface area contributed by atoms with E-state index >= 15 is 0 Å². The summed E-state index contributed by atoms with van der Waals surface area (Å²) in [5, 5.41) is 0. The van der Waals surface area contributed by atoms with E-state index in [1.54, 1.807) is 12.1 Å². The van der Waals surface area contributed by atoms with Crippen LogP contribution in [0.4, 0.5) is 4.39 Å². The molecule has 0 spiro atoms. The van der Waals surface area contributed by atoms with E-state index < -0.39 is 0 Å². The first-order valence-corrected chi connectivity index (χ1v) is 4.58. The number of hydrogen-bond donors (Lipinski definition) is 1. The van der Waals surface area contributed by atoms with E-state index in [1.165, 1.54) is 6.07 Å². The Balaban J connectivity index is 2.87. The summed E-state index contributed by atoms with van der Waals surface area (Å²) in [5.41, 5.74) is 5.50. The summed E-state index contributed by atoms with van der Waals surface area (Å²) < 4.78 is 13.8. The molecule has 0 bridgehead atoms. The molecule has 0 fully saturated rings. The summed E-state index contributed by atoms with van der Waals surface area (Å²) in [6, 6.07) is 4.50. The molecule has 4 heteroatoms. The number of Topliss-reactive ketones (excluding diaryl/α,β-unsaturated/α-hetero) is 1. The van der Waals surface area contributed by atoms with Crippen LogP contribution in [0.15, 0.2) is 22.7 Å². The molecule has 1 rings (SSSR count). The minimum Gasteiger partial charge on any atom is -0.324 e. The number of nitrogens with two attached hydrogens (primary N) is 1. The molecule has 0 saturated heterocycles. The molecule has 0 amide bonds. The summed E-state index contributed by atoms with van der Waals surface area (Å²) >= 11 is 3.20. The maximum Gasteiger partial charge on any atom is 0.150 e. The van der Waals surface area contributed by atoms with Crippen molar-refractivity contribution in [1.29, 1.82) is 0 Å². The van der Waals surface area contributed by atoms with Crippen molar-refractivity contribution in [3.63, 3.8) is 0 Å². The Hall–Kier alpha value is -0.740. The van der Waals surface area contributed by atoms with Gasteiger partial charge in [0.25, 0.3) is 0 Å². The van der Waals surface area contributed by atoms with Gasteiger partial charge >= 0.3 is 0 Å². The van der Waals surface area contributed by atoms with E-state index in [9.17, 15) is 9.18 Å². The molecule has 0 aliphatic carbocycles. The Morgan fingerprint density at radius 1 is 1.54 bits per heavy atom. The number of rotatable bonds is 3. The van der Waals surface area contributed by atoms with Crippen LogP contribution in [0.5, 0.6) is 0 Å². The number of carbonyl (C=O) groups is 1. The molecule has 0 heterocycles. The van der Waals surface area contributed by atoms with E-state index in [2.05, 4.69) is 15.9 Å². The molecular weight excluding hydrogens is 237 g/mol. The lowest BCUT2D eigenvalue weighted by Gasteiger charge is -2.01. The van der Waals surface area contributed by atoms with Crippen LogP contribution in [-0.2, 0) is 11.2 Å². The number of ketones is 1. The fourth-order valence-corrected chi connectivity index (χ4v) is 1.37. The van der Waals surface area contributed by atoms with Crippen molar-refractivity contribution in [1.82, 2.24) is 0 Å². The molecule has 1 aromatic carbocycles. The summed E-state index contributed by atoms with van der Waals surface area (Å²) in [6.45, 7) is -0.0496. The molecule has 70 valence electrons. The normalized spacial score (nSPS) is 10.1. The van der Waals surface area contributed by atoms with Gasteiger partial charge < -0.3 is 5.73 Å². The van der Waals surface area contributed by atoms with E-state index in [0.29, 0.717) is 5.56 Å². The Labute approximate surface area is 84.1 Å². The van der Waals surface area contributed by atoms with Gasteiger partial charge in [-0.1, -0.05) is 15.9 Å². The van der Waals surface area contributed by atoms with Crippen molar-refractivity contribution in [3.8, 4) is 0 Å². The van der Waals surface area contributed by atoms with Crippen molar-refractivity contribution in [2.75, 3.05) is 6.54 Å². The van der Waals surface area contributed by atoms with Crippen LogP contribution in [0.3, 0.4) is 0 Å². The largest absolute Gasteiger partial charge is 0.324 e. The highest BCUT2D eigenvalue weighted by atomic mass is 79.9. The van der Waals surface area contributed by atoms with Gasteiger partial charge in [0.05, 0.1) is 6.54 Å². The summed E-state index contributed by atoms with van der Waals surface area (Å²) in [6.07, 6.45) is 0.0573. The Kier molecular flexibility index (Phi) is 3.57. The van der Waals surface area contributed by atoms with Crippen LogP contribution in [0.1, 0.15) is 5.56 Å². The monoisotopic (exact) mass is 245 g/mol. The Morgan fingerprint density at radius 2 is 2.23 bits per heavy atom. The maximum atomic E-state index is 13.1. The third kappa shape index (κ3) is 2.90. The molecule has 2 nitrogen and oxygen atoms in total. The first kappa shape index (κ1) is 10.3. The third-order valence-corrected chi connectivity index (χ3v) is 2.12. The fourth-order valence-electron chi connectivity index (χ4n) is 0.963. The zero-order valence-corrected chi connectivity index (χ0v) is 8.47. The second-order valence-corrected chi connectivity index (χ2v) is 3.57. The van der Waals surface area contributed by atoms with Crippen LogP contribution in [0.25, 0.3) is 0 Å². The molecule has 1 aromatic rings. The van der Waals surface area contributed by atoms with Gasteiger partial charge in [-0.25, -0.2) is 4.39 Å². The summed E-state index contributed by atoms with van der Waals surface area (Å²) in [5.74, 6) is -0.540. The molecular formula is C9H9BrFNO. The van der Waals surface area contributed by atoms with Gasteiger partial charge in [-0.05, 0) is 23.8 Å². The van der Waals surface area contributed by atoms with Gasteiger partial charge in [0.15, 0.2) is 5.78 Å². The van der Waals surface area contributed by atoms with Crippen LogP contribution >= 0.6 is 15.9 Å². The van der Waals surface area contributed by atoms with Crippen LogP contribution in [0, 0.1) is 5.82 Å². The summed E-state index contributed by atoms with van der Waals surface area (Å²) in [4.78, 5) is 10.9. The van der Waals surface area contributed by atoms with Crippen molar-refractivity contribution in [3.05, 3.63) is 34.1 Å². The van der Waals surface area contributed by atoms with E-state index in [-0.39, 0.29) is 24.6 Å². The van der Waals surface area contributed by atoms with Gasteiger partial charge in [-0.3, -0.25) is 4.79 Å². The molecule has 0 unspecified atom stereocenters. The average molecular weight is 246 g/mol. The predicted octanol–water partition coefficient (Wildman–Crippen LogP) is 1.66. The van der Waals surface area contributed by atoms with Gasteiger partial charge in [-0.2, -0.15) is 0 Å². The maximum absolute atomic E-state index is 13.1. The highest BCUT2D eigenvalue weighted by Gasteiger charge is 2.06. The molecule has 2 N–H and O–H groups in total. The molecule has 0 radical (unpaired) electrons. The Bertz CT molecular complexity index is 327. The lowest BCUT2D eigenvalue weighted by Crippen LogP contribution is -2.16. The van der Waals surface area contributed by atoms with Gasteiger partial charge in [0.1, 0.15) is 5.82 Å². The van der Waals surface area contributed by atoms with Crippen LogP contribution in [-0.4, -0.2) is 12.3 Å². The number of carbonyl (C=O) groups excluding carboxylic acids is 1. The lowest BCUT2D eigenvalue weighted by atomic mass is 10.1. The van der Waals surface area contributed by atoms with Gasteiger partial charge in [-0.15, -0.1) is 0 Å². The van der Waals surface area contributed by atoms with Gasteiger partial charge in [0.2, 0.25) is 0 Å². The molecule has 0 aliphatic rings. The highest BCUT2D eigenvalue weighted by Crippen LogP contribution is 2.15. The molecule has 13 heavy (non-hydrogen) atoms. The molecule has 0 aromatic heterocycles. The first-order chi connectivity index (χ1) is 6.13. The molecule has 0 aliphatic heterocycles. The van der Waals surface area contributed by atoms with Crippen molar-refractivity contribution in [2.24, 2.45) is 5.73 Å². The van der Waals surface area contributed by atoms with Crippen molar-refractivity contribution in [2.45, 2.75) is 6.42 Å². The van der Waals surface area contributed by atoms with Crippen LogP contribution < -0.4 is 5.73 Å². The van der Waals surface area contributed by atoms with E-state index in [1.807, 2.05) is 0 Å². The SMILES string of the molecule is NCC(=O)Cc1cc(Br)ccc1F. The second kappa shape index (κ2) is 4.48. The molecule has 0 saturated carbocycles. The first-order valence-electron chi connectivity index (χ1n) is 3.79. The topological polar surface area (TPSA) is 43.1 Å². The highest BCUT2D eigenvalue weighted by molar-refractivity contribution is 9.10. The third-order valence-electron chi connectivity index (χ3n) is 1.62. The zero-order valence-electron chi connectivity index (χ0n) is 6.89. The number of halogens is 2. The minimum absolute atomic E-state index is 0.0496. The molecule has 0 atom stereocenters. The Morgan fingerprint density at radius 3 is 2.85 bits per heavy atom. The number of benzene rings is 1. The standard InChI is InChI=1S/C9H9BrFNO/c10-7-1-2-9(11)6(3-7)4-8(13)5-12/h1-3H,4-5,12H2. The van der Waals surface area contributed by atoms with E-state index in [4.69, 9.17) is 5.73 Å². The average Bonchev–Trinajstić information content (AvgIpc) is 2.11. The van der Waals surface area contributed by atoms with E-state index in [0.717, 1.165) is 4.47 Å². The smallest absolute Gasteiger partial charge is 0.150 e. The summed E-state index contributed by atoms with van der Waals surface area (Å²) in [7, 11) is 0.